The standard InChI is InChI=1S/C35H24NPSe/c38-37(28-12-3-1-4-13-28,29-14-5-2-6-15-29)30-20-17-26(18-21-30)33-24-27-11-9-23-36-35(27)34-31-16-8-7-10-25(31)19-22-32(33)34/h1-24H. The summed E-state index contributed by atoms with van der Waals surface area (Å²) in [6.07, 6.45) is 1.90. The van der Waals surface area contributed by atoms with E-state index in [0.717, 1.165) is 10.9 Å². The summed E-state index contributed by atoms with van der Waals surface area (Å²) in [5, 5.41) is 10.1. The van der Waals surface area contributed by atoms with Gasteiger partial charge in [-0.15, -0.1) is 0 Å². The van der Waals surface area contributed by atoms with Gasteiger partial charge in [0.2, 0.25) is 0 Å². The van der Waals surface area contributed by atoms with Gasteiger partial charge in [0.15, 0.2) is 0 Å². The molecule has 7 rings (SSSR count). The van der Waals surface area contributed by atoms with Crippen molar-refractivity contribution in [1.82, 2.24) is 4.98 Å². The average molecular weight is 569 g/mol. The first-order chi connectivity index (χ1) is 18.7. The van der Waals surface area contributed by atoms with Gasteiger partial charge in [-0.05, 0) is 0 Å². The van der Waals surface area contributed by atoms with E-state index in [1.54, 1.807) is 0 Å². The summed E-state index contributed by atoms with van der Waals surface area (Å²) in [4.78, 5) is 4.81. The molecule has 1 aromatic heterocycles. The van der Waals surface area contributed by atoms with Gasteiger partial charge in [-0.1, -0.05) is 0 Å². The molecule has 0 radical (unpaired) electrons. The van der Waals surface area contributed by atoms with E-state index in [2.05, 4.69) is 149 Å². The Morgan fingerprint density at radius 3 is 1.82 bits per heavy atom. The Morgan fingerprint density at radius 2 is 1.11 bits per heavy atom. The first kappa shape index (κ1) is 23.3. The molecule has 0 amide bonds. The summed E-state index contributed by atoms with van der Waals surface area (Å²) in [5.41, 5.74) is 1.62. The molecule has 38 heavy (non-hydrogen) atoms. The van der Waals surface area contributed by atoms with E-state index in [1.165, 1.54) is 48.6 Å². The quantitative estimate of drug-likeness (QED) is 0.121. The van der Waals surface area contributed by atoms with Crippen LogP contribution in [-0.2, 0) is 0 Å². The molecule has 7 aromatic rings. The van der Waals surface area contributed by atoms with Crippen LogP contribution in [0.2, 0.25) is 0 Å². The van der Waals surface area contributed by atoms with Gasteiger partial charge in [0.1, 0.15) is 0 Å². The van der Waals surface area contributed by atoms with Gasteiger partial charge in [-0.2, -0.15) is 0 Å². The zero-order valence-electron chi connectivity index (χ0n) is 20.7. The monoisotopic (exact) mass is 569 g/mol. The van der Waals surface area contributed by atoms with Gasteiger partial charge in [0.25, 0.3) is 0 Å². The maximum atomic E-state index is 4.81. The molecule has 0 N–H and O–H groups in total. The van der Waals surface area contributed by atoms with Crippen molar-refractivity contribution < 1.29 is 0 Å². The fourth-order valence-corrected chi connectivity index (χ4v) is 10.5. The molecular formula is C35H24NPSe. The average Bonchev–Trinajstić information content (AvgIpc) is 3.01. The first-order valence-corrected chi connectivity index (χ1v) is 16.8. The fourth-order valence-electron chi connectivity index (χ4n) is 5.54. The van der Waals surface area contributed by atoms with Crippen molar-refractivity contribution in [2.75, 3.05) is 0 Å². The summed E-state index contributed by atoms with van der Waals surface area (Å²) >= 11 is 3.68. The molecular weight excluding hydrogens is 544 g/mol. The van der Waals surface area contributed by atoms with Gasteiger partial charge in [-0.25, -0.2) is 0 Å². The zero-order valence-corrected chi connectivity index (χ0v) is 23.3. The van der Waals surface area contributed by atoms with Crippen molar-refractivity contribution >= 4 is 69.0 Å². The molecule has 6 aromatic carbocycles. The number of pyridine rings is 1. The number of aromatic nitrogens is 1. The third kappa shape index (κ3) is 3.77. The Balaban J connectivity index is 1.45. The van der Waals surface area contributed by atoms with E-state index in [-0.39, 0.29) is 0 Å². The van der Waals surface area contributed by atoms with E-state index in [9.17, 15) is 0 Å². The third-order valence-electron chi connectivity index (χ3n) is 7.38. The Labute approximate surface area is 230 Å². The topological polar surface area (TPSA) is 12.9 Å². The van der Waals surface area contributed by atoms with Crippen molar-refractivity contribution in [3.63, 3.8) is 0 Å². The van der Waals surface area contributed by atoms with Crippen LogP contribution in [0.4, 0.5) is 0 Å². The molecule has 0 aliphatic rings. The molecule has 0 spiro atoms. The SMILES string of the molecule is [Se]=P(c1ccccc1)(c1ccccc1)c1ccc(-c2cc3cccnc3c3c2ccc2ccccc23)cc1. The van der Waals surface area contributed by atoms with E-state index in [1.807, 2.05) is 12.3 Å². The molecule has 3 heteroatoms. The summed E-state index contributed by atoms with van der Waals surface area (Å²) in [5.74, 6) is 0. The molecule has 0 saturated carbocycles. The number of nitrogens with zero attached hydrogens (tertiary/aromatic N) is 1. The van der Waals surface area contributed by atoms with Crippen LogP contribution >= 0.6 is 5.51 Å². The van der Waals surface area contributed by atoms with Crippen LogP contribution in [-0.4, -0.2) is 20.1 Å². The van der Waals surface area contributed by atoms with Gasteiger partial charge < -0.3 is 0 Å². The van der Waals surface area contributed by atoms with Crippen LogP contribution in [0.3, 0.4) is 0 Å². The normalized spacial score (nSPS) is 11.8. The Kier molecular flexibility index (Phi) is 5.83. The number of fused-ring (bicyclic) bond motifs is 5. The summed E-state index contributed by atoms with van der Waals surface area (Å²) in [7, 11) is 0. The van der Waals surface area contributed by atoms with E-state index in [0.29, 0.717) is 0 Å². The van der Waals surface area contributed by atoms with Crippen molar-refractivity contribution in [2.24, 2.45) is 0 Å². The summed E-state index contributed by atoms with van der Waals surface area (Å²) < 4.78 is 0. The number of rotatable bonds is 4. The Hall–Kier alpha value is -3.80. The summed E-state index contributed by atoms with van der Waals surface area (Å²) in [6, 6.07) is 50.5. The second kappa shape index (κ2) is 9.50. The number of hydrogen-bond donors (Lipinski definition) is 0. The van der Waals surface area contributed by atoms with Crippen molar-refractivity contribution in [3.05, 3.63) is 146 Å². The van der Waals surface area contributed by atoms with Crippen LogP contribution in [0.5, 0.6) is 0 Å². The van der Waals surface area contributed by atoms with Crippen molar-refractivity contribution in [3.8, 4) is 11.1 Å². The van der Waals surface area contributed by atoms with Crippen molar-refractivity contribution in [2.45, 2.75) is 0 Å². The third-order valence-corrected chi connectivity index (χ3v) is 14.4. The molecule has 0 fully saturated rings. The van der Waals surface area contributed by atoms with Gasteiger partial charge in [0.05, 0.1) is 0 Å². The first-order valence-electron chi connectivity index (χ1n) is 12.7. The molecule has 0 atom stereocenters. The van der Waals surface area contributed by atoms with Crippen LogP contribution in [0.15, 0.2) is 146 Å². The minimum absolute atomic E-state index is 1.06. The van der Waals surface area contributed by atoms with Crippen LogP contribution in [0.25, 0.3) is 43.6 Å². The molecule has 1 nitrogen and oxygen atoms in total. The van der Waals surface area contributed by atoms with Crippen molar-refractivity contribution in [1.29, 1.82) is 0 Å². The van der Waals surface area contributed by atoms with Gasteiger partial charge in [0, 0.05) is 0 Å². The van der Waals surface area contributed by atoms with Gasteiger partial charge in [-0.3, -0.25) is 0 Å². The number of hydrogen-bond acceptors (Lipinski definition) is 1. The van der Waals surface area contributed by atoms with Crippen LogP contribution in [0, 0.1) is 0 Å². The molecule has 1 heterocycles. The van der Waals surface area contributed by atoms with E-state index in [4.69, 9.17) is 4.98 Å². The predicted octanol–water partition coefficient (Wildman–Crippen LogP) is 7.59. The molecule has 0 aliphatic heterocycles. The maximum absolute atomic E-state index is 4.81. The number of benzene rings is 6. The molecule has 0 saturated heterocycles. The van der Waals surface area contributed by atoms with Gasteiger partial charge >= 0.3 is 231 Å². The molecule has 0 unspecified atom stereocenters. The van der Waals surface area contributed by atoms with E-state index < -0.39 is 5.51 Å². The minimum atomic E-state index is -1.89. The second-order valence-electron chi connectivity index (χ2n) is 9.54. The zero-order chi connectivity index (χ0) is 25.5. The Morgan fingerprint density at radius 1 is 0.500 bits per heavy atom. The predicted molar refractivity (Wildman–Crippen MR) is 167 cm³/mol. The summed E-state index contributed by atoms with van der Waals surface area (Å²) in [6.45, 7) is 0. The fraction of sp³-hybridized carbons (Fsp3) is 0. The van der Waals surface area contributed by atoms with Crippen LogP contribution in [0.1, 0.15) is 0 Å². The molecule has 0 bridgehead atoms. The van der Waals surface area contributed by atoms with E-state index >= 15 is 0 Å². The second-order valence-corrected chi connectivity index (χ2v) is 15.8. The Bertz CT molecular complexity index is 1920. The molecule has 0 aliphatic carbocycles. The van der Waals surface area contributed by atoms with Crippen LogP contribution < -0.4 is 15.9 Å². The molecule has 180 valence electrons.